The summed E-state index contributed by atoms with van der Waals surface area (Å²) in [7, 11) is 2.66. The van der Waals surface area contributed by atoms with E-state index in [4.69, 9.17) is 9.47 Å². The van der Waals surface area contributed by atoms with Crippen LogP contribution in [0.1, 0.15) is 39.0 Å². The van der Waals surface area contributed by atoms with Crippen LogP contribution in [-0.2, 0) is 19.1 Å². The largest absolute Gasteiger partial charge is 0.466 e. The molecule has 1 unspecified atom stereocenters. The first kappa shape index (κ1) is 15.5. The molecule has 1 rings (SSSR count). The van der Waals surface area contributed by atoms with E-state index in [1.165, 1.54) is 14.2 Å². The van der Waals surface area contributed by atoms with Crippen LogP contribution in [0.4, 0.5) is 0 Å². The second-order valence-corrected chi connectivity index (χ2v) is 4.70. The van der Waals surface area contributed by atoms with Crippen molar-refractivity contribution in [3.8, 4) is 0 Å². The number of hydrogen-bond donors (Lipinski definition) is 0. The first-order valence-corrected chi connectivity index (χ1v) is 6.64. The van der Waals surface area contributed by atoms with Crippen molar-refractivity contribution in [1.29, 1.82) is 0 Å². The van der Waals surface area contributed by atoms with E-state index in [1.807, 2.05) is 0 Å². The molecule has 0 bridgehead atoms. The number of allylic oxidation sites excluding steroid dienone is 2. The molecule has 4 heteroatoms. The highest BCUT2D eigenvalue weighted by atomic mass is 16.5. The summed E-state index contributed by atoms with van der Waals surface area (Å²) in [6.07, 6.45) is 9.00. The zero-order valence-corrected chi connectivity index (χ0v) is 11.9. The smallest absolute Gasteiger partial charge is 0.334 e. The summed E-state index contributed by atoms with van der Waals surface area (Å²) in [5, 5.41) is 0. The van der Waals surface area contributed by atoms with Crippen molar-refractivity contribution >= 4 is 11.9 Å². The lowest BCUT2D eigenvalue weighted by Gasteiger charge is -2.21. The summed E-state index contributed by atoms with van der Waals surface area (Å²) in [6, 6.07) is 0. The quantitative estimate of drug-likeness (QED) is 0.448. The highest BCUT2D eigenvalue weighted by molar-refractivity contribution is 6.00. The van der Waals surface area contributed by atoms with Gasteiger partial charge in [-0.2, -0.15) is 0 Å². The Hall–Kier alpha value is -1.58. The second kappa shape index (κ2) is 7.77. The highest BCUT2D eigenvalue weighted by Gasteiger charge is 2.26. The SMILES string of the molecule is COC(=O)/C(C)=C(\C(=O)OC)C1CC/C=C\CCC1. The summed E-state index contributed by atoms with van der Waals surface area (Å²) >= 11 is 0. The van der Waals surface area contributed by atoms with Crippen molar-refractivity contribution in [1.82, 2.24) is 0 Å². The maximum absolute atomic E-state index is 12.0. The molecular formula is C15H22O4. The molecule has 1 aliphatic carbocycles. The van der Waals surface area contributed by atoms with Gasteiger partial charge in [0.05, 0.1) is 19.8 Å². The second-order valence-electron chi connectivity index (χ2n) is 4.70. The topological polar surface area (TPSA) is 52.6 Å². The van der Waals surface area contributed by atoms with Crippen molar-refractivity contribution in [2.75, 3.05) is 14.2 Å². The standard InChI is InChI=1S/C15H22O4/c1-11(14(16)18-2)13(15(17)19-3)12-9-7-5-4-6-8-10-12/h4-5,12H,6-10H2,1-3H3/b5-4-,13-11-. The number of carbonyl (C=O) groups is 2. The summed E-state index contributed by atoms with van der Waals surface area (Å²) in [6.45, 7) is 1.63. The molecule has 0 fully saturated rings. The molecule has 106 valence electrons. The summed E-state index contributed by atoms with van der Waals surface area (Å²) in [5.41, 5.74) is 0.841. The van der Waals surface area contributed by atoms with Gasteiger partial charge in [-0.15, -0.1) is 0 Å². The Labute approximate surface area is 114 Å². The molecule has 0 aliphatic heterocycles. The van der Waals surface area contributed by atoms with Gasteiger partial charge >= 0.3 is 11.9 Å². The molecule has 0 N–H and O–H groups in total. The zero-order valence-electron chi connectivity index (χ0n) is 11.9. The van der Waals surface area contributed by atoms with Gasteiger partial charge in [0.1, 0.15) is 0 Å². The average molecular weight is 266 g/mol. The molecule has 0 amide bonds. The van der Waals surface area contributed by atoms with Crippen LogP contribution >= 0.6 is 0 Å². The van der Waals surface area contributed by atoms with E-state index < -0.39 is 11.9 Å². The Morgan fingerprint density at radius 3 is 2.26 bits per heavy atom. The third kappa shape index (κ3) is 4.23. The normalized spacial score (nSPS) is 22.6. The van der Waals surface area contributed by atoms with Gasteiger partial charge in [-0.25, -0.2) is 9.59 Å². The fourth-order valence-corrected chi connectivity index (χ4v) is 2.45. The number of esters is 2. The first-order chi connectivity index (χ1) is 9.11. The van der Waals surface area contributed by atoms with E-state index in [1.54, 1.807) is 6.92 Å². The van der Waals surface area contributed by atoms with E-state index >= 15 is 0 Å². The molecule has 0 saturated carbocycles. The molecule has 0 radical (unpaired) electrons. The molecular weight excluding hydrogens is 244 g/mol. The van der Waals surface area contributed by atoms with Crippen LogP contribution < -0.4 is 0 Å². The third-order valence-corrected chi connectivity index (χ3v) is 3.48. The van der Waals surface area contributed by atoms with Gasteiger partial charge in [0.2, 0.25) is 0 Å². The predicted molar refractivity (Wildman–Crippen MR) is 72.4 cm³/mol. The van der Waals surface area contributed by atoms with Crippen molar-refractivity contribution in [2.45, 2.75) is 39.0 Å². The zero-order chi connectivity index (χ0) is 14.3. The molecule has 19 heavy (non-hydrogen) atoms. The number of methoxy groups -OCH3 is 2. The van der Waals surface area contributed by atoms with Gasteiger partial charge in [0, 0.05) is 5.57 Å². The van der Waals surface area contributed by atoms with Crippen molar-refractivity contribution < 1.29 is 19.1 Å². The molecule has 4 nitrogen and oxygen atoms in total. The number of carbonyl (C=O) groups excluding carboxylic acids is 2. The molecule has 1 atom stereocenters. The lowest BCUT2D eigenvalue weighted by atomic mass is 9.85. The molecule has 0 aromatic heterocycles. The minimum absolute atomic E-state index is 0.0662. The maximum Gasteiger partial charge on any atom is 0.334 e. The molecule has 0 spiro atoms. The van der Waals surface area contributed by atoms with Crippen LogP contribution in [0, 0.1) is 5.92 Å². The Kier molecular flexibility index (Phi) is 6.33. The van der Waals surface area contributed by atoms with E-state index in [9.17, 15) is 9.59 Å². The summed E-state index contributed by atoms with van der Waals surface area (Å²) < 4.78 is 9.55. The number of rotatable bonds is 3. The van der Waals surface area contributed by atoms with E-state index in [2.05, 4.69) is 12.2 Å². The Bertz CT molecular complexity index is 393. The lowest BCUT2D eigenvalue weighted by Crippen LogP contribution is -2.20. The molecule has 0 saturated heterocycles. The van der Waals surface area contributed by atoms with E-state index in [0.717, 1.165) is 32.1 Å². The predicted octanol–water partition coefficient (Wildman–Crippen LogP) is 2.79. The van der Waals surface area contributed by atoms with Crippen molar-refractivity contribution in [3.05, 3.63) is 23.3 Å². The fraction of sp³-hybridized carbons (Fsp3) is 0.600. The van der Waals surface area contributed by atoms with Crippen molar-refractivity contribution in [2.24, 2.45) is 5.92 Å². The summed E-state index contributed by atoms with van der Waals surface area (Å²) in [4.78, 5) is 23.6. The van der Waals surface area contributed by atoms with Gasteiger partial charge in [-0.1, -0.05) is 12.2 Å². The maximum atomic E-state index is 12.0. The third-order valence-electron chi connectivity index (χ3n) is 3.48. The van der Waals surface area contributed by atoms with Crippen LogP contribution in [0.25, 0.3) is 0 Å². The first-order valence-electron chi connectivity index (χ1n) is 6.64. The lowest BCUT2D eigenvalue weighted by molar-refractivity contribution is -0.139. The van der Waals surface area contributed by atoms with Crippen LogP contribution in [0.3, 0.4) is 0 Å². The van der Waals surface area contributed by atoms with Gasteiger partial charge in [-0.3, -0.25) is 0 Å². The molecule has 0 aromatic rings. The Morgan fingerprint density at radius 1 is 1.00 bits per heavy atom. The van der Waals surface area contributed by atoms with Crippen LogP contribution in [-0.4, -0.2) is 26.2 Å². The van der Waals surface area contributed by atoms with Crippen LogP contribution in [0.15, 0.2) is 23.3 Å². The molecule has 0 heterocycles. The van der Waals surface area contributed by atoms with Gasteiger partial charge < -0.3 is 9.47 Å². The molecule has 1 aliphatic rings. The summed E-state index contributed by atoms with van der Waals surface area (Å²) in [5.74, 6) is -0.813. The number of ether oxygens (including phenoxy) is 2. The average Bonchev–Trinajstić information content (AvgIpc) is 2.39. The van der Waals surface area contributed by atoms with Crippen LogP contribution in [0.5, 0.6) is 0 Å². The van der Waals surface area contributed by atoms with Crippen LogP contribution in [0.2, 0.25) is 0 Å². The van der Waals surface area contributed by atoms with Gasteiger partial charge in [-0.05, 0) is 44.9 Å². The van der Waals surface area contributed by atoms with Gasteiger partial charge in [0.25, 0.3) is 0 Å². The van der Waals surface area contributed by atoms with Gasteiger partial charge in [0.15, 0.2) is 0 Å². The Morgan fingerprint density at radius 2 is 1.63 bits per heavy atom. The van der Waals surface area contributed by atoms with E-state index in [-0.39, 0.29) is 5.92 Å². The number of hydrogen-bond acceptors (Lipinski definition) is 4. The molecule has 0 aromatic carbocycles. The highest BCUT2D eigenvalue weighted by Crippen LogP contribution is 2.29. The monoisotopic (exact) mass is 266 g/mol. The fourth-order valence-electron chi connectivity index (χ4n) is 2.45. The Balaban J connectivity index is 3.05. The minimum atomic E-state index is -0.460. The van der Waals surface area contributed by atoms with Crippen molar-refractivity contribution in [3.63, 3.8) is 0 Å². The minimum Gasteiger partial charge on any atom is -0.466 e. The van der Waals surface area contributed by atoms with E-state index in [0.29, 0.717) is 11.1 Å².